The summed E-state index contributed by atoms with van der Waals surface area (Å²) < 4.78 is 35.6. The van der Waals surface area contributed by atoms with Gasteiger partial charge in [-0.2, -0.15) is 5.10 Å². The van der Waals surface area contributed by atoms with Crippen LogP contribution in [0.5, 0.6) is 5.88 Å². The van der Waals surface area contributed by atoms with E-state index in [0.717, 1.165) is 10.4 Å². The highest BCUT2D eigenvalue weighted by Crippen LogP contribution is 2.41. The van der Waals surface area contributed by atoms with Gasteiger partial charge in [0.05, 0.1) is 18.8 Å². The average Bonchev–Trinajstić information content (AvgIpc) is 3.51. The summed E-state index contributed by atoms with van der Waals surface area (Å²) in [6, 6.07) is 41.5. The van der Waals surface area contributed by atoms with Crippen molar-refractivity contribution in [2.24, 2.45) is 9.17 Å². The highest BCUT2D eigenvalue weighted by atomic mass is 32.2. The van der Waals surface area contributed by atoms with E-state index in [-0.39, 0.29) is 22.8 Å². The van der Waals surface area contributed by atoms with E-state index in [0.29, 0.717) is 17.3 Å². The number of ether oxygens (including phenoxy) is 1. The third-order valence-electron chi connectivity index (χ3n) is 9.36. The summed E-state index contributed by atoms with van der Waals surface area (Å²) in [6.45, 7) is 14.0. The molecule has 48 heavy (non-hydrogen) atoms. The zero-order valence-corrected chi connectivity index (χ0v) is 31.5. The quantitative estimate of drug-likeness (QED) is 0.218. The maximum Gasteiger partial charge on any atom is 0.262 e. The minimum atomic E-state index is -3.46. The number of nitrogens with zero attached hydrogens (tertiary/aromatic N) is 3. The standard InChI is InChI=1S/C38H46N4O3SSi2/c1-37(2,3)47(31-19-11-7-12-20-31,32-21-13-8-14-22-32)41-46(39,43)35-27-40-42-28-30(29-44-36(35)42)45-48(38(4,5)6,33-23-15-9-16-24-33)34-25-17-10-18-26-34/h7-27,30H,28-29H2,1-6H3,(H2,39,41,43)/t30-,46?/m1/s1. The van der Waals surface area contributed by atoms with Gasteiger partial charge in [0.1, 0.15) is 21.4 Å². The molecule has 1 aliphatic heterocycles. The number of aromatic nitrogens is 2. The van der Waals surface area contributed by atoms with Gasteiger partial charge in [0.2, 0.25) is 5.88 Å². The number of benzene rings is 4. The Kier molecular flexibility index (Phi) is 9.16. The van der Waals surface area contributed by atoms with Crippen LogP contribution in [-0.2, 0) is 20.9 Å². The summed E-state index contributed by atoms with van der Waals surface area (Å²) in [5.41, 5.74) is 0. The fourth-order valence-corrected chi connectivity index (χ4v) is 19.8. The van der Waals surface area contributed by atoms with E-state index in [2.05, 4.69) is 119 Å². The van der Waals surface area contributed by atoms with Gasteiger partial charge >= 0.3 is 0 Å². The molecule has 0 bridgehead atoms. The van der Waals surface area contributed by atoms with E-state index in [1.807, 2.05) is 48.5 Å². The Labute approximate surface area is 287 Å². The monoisotopic (exact) mass is 694 g/mol. The van der Waals surface area contributed by atoms with E-state index >= 15 is 0 Å². The van der Waals surface area contributed by atoms with Gasteiger partial charge in [-0.1, -0.05) is 163 Å². The molecule has 0 saturated heterocycles. The Bertz CT molecular complexity index is 1890. The van der Waals surface area contributed by atoms with Gasteiger partial charge in [0, 0.05) is 0 Å². The Balaban J connectivity index is 1.42. The molecule has 10 heteroatoms. The van der Waals surface area contributed by atoms with E-state index in [1.54, 1.807) is 10.9 Å². The summed E-state index contributed by atoms with van der Waals surface area (Å²) in [5, 5.41) is 15.5. The van der Waals surface area contributed by atoms with Gasteiger partial charge in [-0.15, -0.1) is 0 Å². The Morgan fingerprint density at radius 3 is 1.60 bits per heavy atom. The number of hydrogen-bond acceptors (Lipinski definition) is 5. The SMILES string of the molecule is CC(C)(C)[Si](N=S(N)(=O)c1cnn2c1OC[C@H](O[Si](c1ccccc1)(c1ccccc1)C(C)(C)C)C2)(c1ccccc1)c1ccccc1. The summed E-state index contributed by atoms with van der Waals surface area (Å²) in [7, 11) is -9.41. The maximum atomic E-state index is 14.8. The first-order chi connectivity index (χ1) is 22.8. The first-order valence-corrected chi connectivity index (χ1v) is 21.9. The molecule has 0 amide bonds. The topological polar surface area (TPSA) is 91.7 Å². The summed E-state index contributed by atoms with van der Waals surface area (Å²) in [6.07, 6.45) is 1.28. The second-order valence-electron chi connectivity index (χ2n) is 14.6. The normalized spacial score (nSPS) is 16.8. The van der Waals surface area contributed by atoms with Crippen LogP contribution in [0.1, 0.15) is 41.5 Å². The molecule has 6 rings (SSSR count). The largest absolute Gasteiger partial charge is 0.474 e. The van der Waals surface area contributed by atoms with Crippen molar-refractivity contribution in [1.82, 2.24) is 9.78 Å². The third-order valence-corrected chi connectivity index (χ3v) is 22.0. The zero-order chi connectivity index (χ0) is 34.2. The van der Waals surface area contributed by atoms with Crippen molar-refractivity contribution in [1.29, 1.82) is 0 Å². The second-order valence-corrected chi connectivity index (χ2v) is 25.2. The van der Waals surface area contributed by atoms with E-state index in [1.165, 1.54) is 10.4 Å². The van der Waals surface area contributed by atoms with Crippen molar-refractivity contribution >= 4 is 47.2 Å². The van der Waals surface area contributed by atoms with Gasteiger partial charge in [-0.25, -0.2) is 18.1 Å². The fourth-order valence-electron chi connectivity index (χ4n) is 7.15. The van der Waals surface area contributed by atoms with Gasteiger partial charge in [-0.05, 0) is 30.8 Å². The van der Waals surface area contributed by atoms with Gasteiger partial charge in [0.25, 0.3) is 16.6 Å². The molecule has 7 nitrogen and oxygen atoms in total. The van der Waals surface area contributed by atoms with Crippen molar-refractivity contribution < 1.29 is 13.4 Å². The lowest BCUT2D eigenvalue weighted by Gasteiger charge is -2.45. The summed E-state index contributed by atoms with van der Waals surface area (Å²) >= 11 is 0. The molecular weight excluding hydrogens is 649 g/mol. The summed E-state index contributed by atoms with van der Waals surface area (Å²) in [5.74, 6) is 0.395. The Morgan fingerprint density at radius 1 is 0.750 bits per heavy atom. The van der Waals surface area contributed by atoms with Crippen molar-refractivity contribution in [3.63, 3.8) is 0 Å². The number of hydrogen-bond donors (Lipinski definition) is 1. The van der Waals surface area contributed by atoms with Crippen molar-refractivity contribution in [3.8, 4) is 5.88 Å². The zero-order valence-electron chi connectivity index (χ0n) is 28.7. The molecule has 5 aromatic rings. The third kappa shape index (κ3) is 6.01. The molecule has 1 unspecified atom stereocenters. The predicted octanol–water partition coefficient (Wildman–Crippen LogP) is 5.48. The van der Waals surface area contributed by atoms with Gasteiger partial charge in [-0.3, -0.25) is 0 Å². The second kappa shape index (κ2) is 12.9. The van der Waals surface area contributed by atoms with Crippen LogP contribution in [0.25, 0.3) is 0 Å². The van der Waals surface area contributed by atoms with E-state index in [4.69, 9.17) is 18.3 Å². The van der Waals surface area contributed by atoms with Crippen molar-refractivity contribution in [3.05, 3.63) is 128 Å². The van der Waals surface area contributed by atoms with Crippen molar-refractivity contribution in [2.75, 3.05) is 6.61 Å². The van der Waals surface area contributed by atoms with Crippen LogP contribution in [0.4, 0.5) is 0 Å². The minimum Gasteiger partial charge on any atom is -0.474 e. The molecule has 0 saturated carbocycles. The molecule has 250 valence electrons. The number of rotatable bonds is 8. The van der Waals surface area contributed by atoms with E-state index < -0.39 is 26.5 Å². The minimum absolute atomic E-state index is 0.189. The fraction of sp³-hybridized carbons (Fsp3) is 0.289. The molecular formula is C38H46N4O3SSi2. The average molecular weight is 695 g/mol. The molecule has 0 spiro atoms. The van der Waals surface area contributed by atoms with Crippen molar-refractivity contribution in [2.45, 2.75) is 69.2 Å². The predicted molar refractivity (Wildman–Crippen MR) is 201 cm³/mol. The molecule has 2 N–H and O–H groups in total. The van der Waals surface area contributed by atoms with E-state index in [9.17, 15) is 4.21 Å². The first kappa shape index (κ1) is 34.1. The van der Waals surface area contributed by atoms with Gasteiger partial charge < -0.3 is 9.16 Å². The molecule has 0 aliphatic carbocycles. The number of nitrogens with two attached hydrogens (primary N) is 1. The molecule has 2 heterocycles. The highest BCUT2D eigenvalue weighted by Gasteiger charge is 2.53. The number of fused-ring (bicyclic) bond motifs is 1. The van der Waals surface area contributed by atoms with Crippen LogP contribution in [0, 0.1) is 0 Å². The molecule has 4 aromatic carbocycles. The first-order valence-electron chi connectivity index (χ1n) is 16.4. The Morgan fingerprint density at radius 2 is 1.19 bits per heavy atom. The van der Waals surface area contributed by atoms with Crippen LogP contribution < -0.4 is 30.6 Å². The molecule has 0 fully saturated rings. The van der Waals surface area contributed by atoms with Crippen LogP contribution in [0.2, 0.25) is 10.1 Å². The van der Waals surface area contributed by atoms with Crippen LogP contribution in [-0.4, -0.2) is 43.3 Å². The smallest absolute Gasteiger partial charge is 0.262 e. The lowest BCUT2D eigenvalue weighted by molar-refractivity contribution is 0.0646. The lowest BCUT2D eigenvalue weighted by atomic mass is 10.2. The Hall–Kier alpha value is -3.81. The summed E-state index contributed by atoms with van der Waals surface area (Å²) in [4.78, 5) is 0.319. The maximum absolute atomic E-state index is 14.8. The van der Waals surface area contributed by atoms with Gasteiger partial charge in [0.15, 0.2) is 0 Å². The van der Waals surface area contributed by atoms with Crippen LogP contribution in [0.15, 0.2) is 136 Å². The van der Waals surface area contributed by atoms with Crippen LogP contribution >= 0.6 is 0 Å². The molecule has 1 aromatic heterocycles. The van der Waals surface area contributed by atoms with Crippen LogP contribution in [0.3, 0.4) is 0 Å². The molecule has 0 radical (unpaired) electrons. The highest BCUT2D eigenvalue weighted by molar-refractivity contribution is 7.92. The molecule has 1 aliphatic rings. The lowest BCUT2D eigenvalue weighted by Crippen LogP contribution is -2.68. The molecule has 2 atom stereocenters.